The number of hydrogen-bond acceptors (Lipinski definition) is 3. The number of nitro groups is 1. The molecule has 1 aromatic heterocycles. The van der Waals surface area contributed by atoms with Gasteiger partial charge >= 0.3 is 5.69 Å². The van der Waals surface area contributed by atoms with Crippen molar-refractivity contribution in [1.82, 2.24) is 9.78 Å². The molecule has 100 valence electrons. The zero-order valence-corrected chi connectivity index (χ0v) is 10.8. The molecule has 0 amide bonds. The van der Waals surface area contributed by atoms with E-state index in [-0.39, 0.29) is 11.5 Å². The standard InChI is InChI=1S/C13H14FN3O2/c1-9-13(17(18)19)10(2)16(15-9)8-7-11-3-5-12(14)6-4-11/h3-6H,7-8H2,1-2H3. The van der Waals surface area contributed by atoms with E-state index in [2.05, 4.69) is 5.10 Å². The maximum Gasteiger partial charge on any atom is 0.312 e. The Bertz CT molecular complexity index is 605. The first-order chi connectivity index (χ1) is 8.99. The number of halogens is 1. The number of rotatable bonds is 4. The lowest BCUT2D eigenvalue weighted by atomic mass is 10.1. The van der Waals surface area contributed by atoms with Crippen molar-refractivity contribution in [3.63, 3.8) is 0 Å². The van der Waals surface area contributed by atoms with Crippen molar-refractivity contribution in [3.05, 3.63) is 57.1 Å². The molecule has 0 spiro atoms. The van der Waals surface area contributed by atoms with Crippen molar-refractivity contribution in [2.24, 2.45) is 0 Å². The monoisotopic (exact) mass is 263 g/mol. The van der Waals surface area contributed by atoms with E-state index in [1.807, 2.05) is 0 Å². The molecular weight excluding hydrogens is 249 g/mol. The first-order valence-corrected chi connectivity index (χ1v) is 5.92. The van der Waals surface area contributed by atoms with Crippen LogP contribution in [0.3, 0.4) is 0 Å². The van der Waals surface area contributed by atoms with Gasteiger partial charge in [0.1, 0.15) is 17.2 Å². The van der Waals surface area contributed by atoms with Gasteiger partial charge in [0.25, 0.3) is 0 Å². The summed E-state index contributed by atoms with van der Waals surface area (Å²) >= 11 is 0. The van der Waals surface area contributed by atoms with E-state index >= 15 is 0 Å². The maximum absolute atomic E-state index is 12.8. The molecule has 0 N–H and O–H groups in total. The molecular formula is C13H14FN3O2. The van der Waals surface area contributed by atoms with Crippen LogP contribution in [0.2, 0.25) is 0 Å². The summed E-state index contributed by atoms with van der Waals surface area (Å²) in [7, 11) is 0. The number of aryl methyl sites for hydroxylation is 3. The molecule has 0 bridgehead atoms. The van der Waals surface area contributed by atoms with E-state index in [4.69, 9.17) is 0 Å². The van der Waals surface area contributed by atoms with Gasteiger partial charge in [-0.2, -0.15) is 5.10 Å². The number of hydrogen-bond donors (Lipinski definition) is 0. The van der Waals surface area contributed by atoms with E-state index in [1.165, 1.54) is 12.1 Å². The fourth-order valence-electron chi connectivity index (χ4n) is 2.06. The van der Waals surface area contributed by atoms with Crippen LogP contribution < -0.4 is 0 Å². The average molecular weight is 263 g/mol. The first-order valence-electron chi connectivity index (χ1n) is 5.92. The SMILES string of the molecule is Cc1nn(CCc2ccc(F)cc2)c(C)c1[N+](=O)[O-]. The Labute approximate surface area is 109 Å². The normalized spacial score (nSPS) is 10.7. The molecule has 0 aliphatic heterocycles. The third kappa shape index (κ3) is 2.78. The molecule has 1 heterocycles. The molecule has 0 aliphatic rings. The van der Waals surface area contributed by atoms with Crippen LogP contribution in [0.25, 0.3) is 0 Å². The van der Waals surface area contributed by atoms with Crippen LogP contribution in [0.5, 0.6) is 0 Å². The molecule has 2 rings (SSSR count). The Morgan fingerprint density at radius 3 is 2.47 bits per heavy atom. The Morgan fingerprint density at radius 1 is 1.32 bits per heavy atom. The summed E-state index contributed by atoms with van der Waals surface area (Å²) in [5, 5.41) is 15.0. The van der Waals surface area contributed by atoms with E-state index in [0.717, 1.165) is 5.56 Å². The highest BCUT2D eigenvalue weighted by molar-refractivity contribution is 5.39. The first kappa shape index (κ1) is 13.2. The van der Waals surface area contributed by atoms with Crippen molar-refractivity contribution in [2.45, 2.75) is 26.8 Å². The highest BCUT2D eigenvalue weighted by Crippen LogP contribution is 2.21. The van der Waals surface area contributed by atoms with Gasteiger partial charge in [-0.15, -0.1) is 0 Å². The van der Waals surface area contributed by atoms with Gasteiger partial charge in [0.2, 0.25) is 0 Å². The van der Waals surface area contributed by atoms with Crippen LogP contribution >= 0.6 is 0 Å². The Kier molecular flexibility index (Phi) is 3.59. The minimum absolute atomic E-state index is 0.0686. The molecule has 19 heavy (non-hydrogen) atoms. The van der Waals surface area contributed by atoms with Gasteiger partial charge in [-0.3, -0.25) is 14.8 Å². The minimum atomic E-state index is -0.411. The van der Waals surface area contributed by atoms with Crippen LogP contribution in [0.1, 0.15) is 17.0 Å². The van der Waals surface area contributed by atoms with Crippen molar-refractivity contribution >= 4 is 5.69 Å². The van der Waals surface area contributed by atoms with Crippen molar-refractivity contribution in [3.8, 4) is 0 Å². The molecule has 1 aromatic carbocycles. The Balaban J connectivity index is 2.14. The lowest BCUT2D eigenvalue weighted by Crippen LogP contribution is -2.05. The summed E-state index contributed by atoms with van der Waals surface area (Å²) in [4.78, 5) is 10.5. The quantitative estimate of drug-likeness (QED) is 0.629. The van der Waals surface area contributed by atoms with E-state index in [0.29, 0.717) is 24.4 Å². The second-order valence-electron chi connectivity index (χ2n) is 4.38. The van der Waals surface area contributed by atoms with Crippen LogP contribution in [0.15, 0.2) is 24.3 Å². The summed E-state index contributed by atoms with van der Waals surface area (Å²) in [6.45, 7) is 3.84. The van der Waals surface area contributed by atoms with Gasteiger partial charge in [-0.05, 0) is 38.0 Å². The minimum Gasteiger partial charge on any atom is -0.262 e. The zero-order chi connectivity index (χ0) is 14.0. The van der Waals surface area contributed by atoms with Gasteiger partial charge < -0.3 is 0 Å². The van der Waals surface area contributed by atoms with Gasteiger partial charge in [0.05, 0.1) is 4.92 Å². The van der Waals surface area contributed by atoms with Gasteiger partial charge in [-0.25, -0.2) is 4.39 Å². The fraction of sp³-hybridized carbons (Fsp3) is 0.308. The summed E-state index contributed by atoms with van der Waals surface area (Å²) in [6, 6.07) is 6.21. The van der Waals surface area contributed by atoms with Crippen LogP contribution in [-0.4, -0.2) is 14.7 Å². The maximum atomic E-state index is 12.8. The second-order valence-corrected chi connectivity index (χ2v) is 4.38. The Morgan fingerprint density at radius 2 is 1.95 bits per heavy atom. The average Bonchev–Trinajstić information content (AvgIpc) is 2.63. The van der Waals surface area contributed by atoms with Crippen LogP contribution in [0.4, 0.5) is 10.1 Å². The van der Waals surface area contributed by atoms with Crippen LogP contribution in [0, 0.1) is 29.8 Å². The summed E-state index contributed by atoms with van der Waals surface area (Å²) < 4.78 is 14.4. The summed E-state index contributed by atoms with van der Waals surface area (Å²) in [5.41, 5.74) is 2.00. The summed E-state index contributed by atoms with van der Waals surface area (Å²) in [6.07, 6.45) is 0.652. The molecule has 0 unspecified atom stereocenters. The lowest BCUT2D eigenvalue weighted by molar-refractivity contribution is -0.386. The number of nitrogens with zero attached hydrogens (tertiary/aromatic N) is 3. The van der Waals surface area contributed by atoms with Crippen molar-refractivity contribution < 1.29 is 9.31 Å². The Hall–Kier alpha value is -2.24. The second kappa shape index (κ2) is 5.17. The molecule has 0 saturated heterocycles. The third-order valence-corrected chi connectivity index (χ3v) is 3.05. The predicted octanol–water partition coefficient (Wildman–Crippen LogP) is 2.79. The van der Waals surface area contributed by atoms with Gasteiger partial charge in [0, 0.05) is 6.54 Å². The van der Waals surface area contributed by atoms with Crippen molar-refractivity contribution in [2.75, 3.05) is 0 Å². The molecule has 2 aromatic rings. The lowest BCUT2D eigenvalue weighted by Gasteiger charge is -2.04. The molecule has 0 radical (unpaired) electrons. The fourth-order valence-corrected chi connectivity index (χ4v) is 2.06. The smallest absolute Gasteiger partial charge is 0.262 e. The molecule has 6 heteroatoms. The number of benzene rings is 1. The zero-order valence-electron chi connectivity index (χ0n) is 10.8. The highest BCUT2D eigenvalue weighted by Gasteiger charge is 2.21. The van der Waals surface area contributed by atoms with Gasteiger partial charge in [0.15, 0.2) is 0 Å². The molecule has 0 atom stereocenters. The topological polar surface area (TPSA) is 61.0 Å². The third-order valence-electron chi connectivity index (χ3n) is 3.05. The van der Waals surface area contributed by atoms with E-state index in [1.54, 1.807) is 30.7 Å². The summed E-state index contributed by atoms with van der Waals surface area (Å²) in [5.74, 6) is -0.273. The molecule has 0 saturated carbocycles. The number of aromatic nitrogens is 2. The van der Waals surface area contributed by atoms with Crippen molar-refractivity contribution in [1.29, 1.82) is 0 Å². The largest absolute Gasteiger partial charge is 0.312 e. The van der Waals surface area contributed by atoms with E-state index in [9.17, 15) is 14.5 Å². The highest BCUT2D eigenvalue weighted by atomic mass is 19.1. The van der Waals surface area contributed by atoms with Crippen LogP contribution in [-0.2, 0) is 13.0 Å². The predicted molar refractivity (Wildman–Crippen MR) is 68.5 cm³/mol. The van der Waals surface area contributed by atoms with Gasteiger partial charge in [-0.1, -0.05) is 12.1 Å². The molecule has 0 fully saturated rings. The van der Waals surface area contributed by atoms with E-state index < -0.39 is 4.92 Å². The molecule has 5 nitrogen and oxygen atoms in total. The molecule has 0 aliphatic carbocycles.